The van der Waals surface area contributed by atoms with E-state index in [9.17, 15) is 8.42 Å². The molecule has 1 aromatic rings. The third kappa shape index (κ3) is 1.96. The Labute approximate surface area is 93.4 Å². The molecule has 3 nitrogen and oxygen atoms in total. The van der Waals surface area contributed by atoms with E-state index in [2.05, 4.69) is 0 Å². The van der Waals surface area contributed by atoms with Gasteiger partial charge in [-0.3, -0.25) is 0 Å². The standard InChI is InChI=1S/C10H11ClO3S/c1-2-7-5-8-3-4-14-10(8)9(6-7)15(11,12)13/h5-6H,2-4H2,1H3. The summed E-state index contributed by atoms with van der Waals surface area (Å²) in [4.78, 5) is 0.107. The molecule has 0 N–H and O–H groups in total. The number of hydrogen-bond acceptors (Lipinski definition) is 3. The van der Waals surface area contributed by atoms with Gasteiger partial charge in [0, 0.05) is 17.1 Å². The lowest BCUT2D eigenvalue weighted by Crippen LogP contribution is -1.97. The average molecular weight is 247 g/mol. The summed E-state index contributed by atoms with van der Waals surface area (Å²) in [6, 6.07) is 3.57. The summed E-state index contributed by atoms with van der Waals surface area (Å²) in [5.41, 5.74) is 1.91. The number of ether oxygens (including phenoxy) is 1. The normalized spacial score (nSPS) is 14.8. The van der Waals surface area contributed by atoms with Gasteiger partial charge in [0.2, 0.25) is 0 Å². The molecule has 0 fully saturated rings. The third-order valence-electron chi connectivity index (χ3n) is 2.48. The second-order valence-electron chi connectivity index (χ2n) is 3.47. The van der Waals surface area contributed by atoms with Crippen molar-refractivity contribution in [1.82, 2.24) is 0 Å². The molecule has 1 heterocycles. The lowest BCUT2D eigenvalue weighted by molar-refractivity contribution is 0.349. The molecule has 1 aromatic carbocycles. The first-order valence-electron chi connectivity index (χ1n) is 4.75. The van der Waals surface area contributed by atoms with Crippen LogP contribution in [0, 0.1) is 0 Å². The molecule has 2 rings (SSSR count). The van der Waals surface area contributed by atoms with Crippen LogP contribution in [0.1, 0.15) is 18.1 Å². The van der Waals surface area contributed by atoms with Crippen molar-refractivity contribution in [1.29, 1.82) is 0 Å². The first kappa shape index (κ1) is 10.8. The molecule has 1 aliphatic heterocycles. The summed E-state index contributed by atoms with van der Waals surface area (Å²) in [6.45, 7) is 2.50. The maximum absolute atomic E-state index is 11.3. The molecule has 82 valence electrons. The van der Waals surface area contributed by atoms with E-state index in [0.717, 1.165) is 24.0 Å². The van der Waals surface area contributed by atoms with Gasteiger partial charge in [-0.2, -0.15) is 0 Å². The molecule has 0 atom stereocenters. The zero-order valence-corrected chi connectivity index (χ0v) is 9.86. The number of benzene rings is 1. The van der Waals surface area contributed by atoms with E-state index in [-0.39, 0.29) is 4.90 Å². The molecule has 0 unspecified atom stereocenters. The summed E-state index contributed by atoms with van der Waals surface area (Å²) in [5, 5.41) is 0. The van der Waals surface area contributed by atoms with Crippen molar-refractivity contribution in [3.05, 3.63) is 23.3 Å². The van der Waals surface area contributed by atoms with Gasteiger partial charge in [0.25, 0.3) is 9.05 Å². The summed E-state index contributed by atoms with van der Waals surface area (Å²) in [7, 11) is 1.65. The number of fused-ring (bicyclic) bond motifs is 1. The van der Waals surface area contributed by atoms with Gasteiger partial charge >= 0.3 is 0 Å². The van der Waals surface area contributed by atoms with Crippen molar-refractivity contribution in [2.75, 3.05) is 6.61 Å². The topological polar surface area (TPSA) is 43.4 Å². The van der Waals surface area contributed by atoms with Crippen molar-refractivity contribution in [2.45, 2.75) is 24.7 Å². The molecule has 15 heavy (non-hydrogen) atoms. The summed E-state index contributed by atoms with van der Waals surface area (Å²) < 4.78 is 28.0. The number of rotatable bonds is 2. The van der Waals surface area contributed by atoms with E-state index in [0.29, 0.717) is 12.4 Å². The van der Waals surface area contributed by atoms with Crippen LogP contribution in [-0.4, -0.2) is 15.0 Å². The molecule has 0 aliphatic carbocycles. The van der Waals surface area contributed by atoms with E-state index in [4.69, 9.17) is 15.4 Å². The van der Waals surface area contributed by atoms with Crippen molar-refractivity contribution in [2.24, 2.45) is 0 Å². The smallest absolute Gasteiger partial charge is 0.265 e. The molecule has 1 aliphatic rings. The second-order valence-corrected chi connectivity index (χ2v) is 6.01. The van der Waals surface area contributed by atoms with E-state index >= 15 is 0 Å². The maximum Gasteiger partial charge on any atom is 0.265 e. The van der Waals surface area contributed by atoms with E-state index in [1.165, 1.54) is 0 Å². The highest BCUT2D eigenvalue weighted by atomic mass is 35.7. The Morgan fingerprint density at radius 2 is 2.20 bits per heavy atom. The molecule has 0 spiro atoms. The Balaban J connectivity index is 2.68. The Hall–Kier alpha value is -0.740. The number of halogens is 1. The van der Waals surface area contributed by atoms with Crippen LogP contribution in [0.15, 0.2) is 17.0 Å². The fourth-order valence-corrected chi connectivity index (χ4v) is 2.77. The molecule has 0 bridgehead atoms. The predicted octanol–water partition coefficient (Wildman–Crippen LogP) is 2.11. The first-order chi connectivity index (χ1) is 7.02. The monoisotopic (exact) mass is 246 g/mol. The third-order valence-corrected chi connectivity index (χ3v) is 3.81. The minimum absolute atomic E-state index is 0.107. The first-order valence-corrected chi connectivity index (χ1v) is 7.06. The van der Waals surface area contributed by atoms with Gasteiger partial charge < -0.3 is 4.74 Å². The lowest BCUT2D eigenvalue weighted by Gasteiger charge is -2.07. The molecule has 5 heteroatoms. The van der Waals surface area contributed by atoms with Gasteiger partial charge in [0.05, 0.1) is 6.61 Å². The van der Waals surface area contributed by atoms with Crippen LogP contribution in [0.2, 0.25) is 0 Å². The van der Waals surface area contributed by atoms with Gasteiger partial charge in [-0.1, -0.05) is 13.0 Å². The minimum atomic E-state index is -3.71. The van der Waals surface area contributed by atoms with Crippen molar-refractivity contribution < 1.29 is 13.2 Å². The van der Waals surface area contributed by atoms with Crippen LogP contribution in [0.3, 0.4) is 0 Å². The van der Waals surface area contributed by atoms with Crippen molar-refractivity contribution >= 4 is 19.7 Å². The Bertz CT molecular complexity index is 494. The lowest BCUT2D eigenvalue weighted by atomic mass is 10.1. The summed E-state index contributed by atoms with van der Waals surface area (Å²) >= 11 is 0. The predicted molar refractivity (Wildman–Crippen MR) is 58.1 cm³/mol. The minimum Gasteiger partial charge on any atom is -0.492 e. The number of aryl methyl sites for hydroxylation is 1. The average Bonchev–Trinajstić information content (AvgIpc) is 2.61. The highest BCUT2D eigenvalue weighted by Crippen LogP contribution is 2.35. The van der Waals surface area contributed by atoms with Crippen LogP contribution >= 0.6 is 10.7 Å². The van der Waals surface area contributed by atoms with Crippen molar-refractivity contribution in [3.8, 4) is 5.75 Å². The van der Waals surface area contributed by atoms with Crippen LogP contribution in [0.25, 0.3) is 0 Å². The quantitative estimate of drug-likeness (QED) is 0.751. The molecule has 0 amide bonds. The second kappa shape index (κ2) is 3.68. The summed E-state index contributed by atoms with van der Waals surface area (Å²) in [6.07, 6.45) is 1.54. The highest BCUT2D eigenvalue weighted by Gasteiger charge is 2.24. The molecule has 0 radical (unpaired) electrons. The van der Waals surface area contributed by atoms with E-state index < -0.39 is 9.05 Å². The van der Waals surface area contributed by atoms with Crippen LogP contribution in [0.4, 0.5) is 0 Å². The van der Waals surface area contributed by atoms with Crippen LogP contribution in [-0.2, 0) is 21.9 Å². The molecular formula is C10H11ClO3S. The van der Waals surface area contributed by atoms with Gasteiger partial charge in [-0.25, -0.2) is 8.42 Å². The van der Waals surface area contributed by atoms with Gasteiger partial charge in [0.15, 0.2) is 0 Å². The fourth-order valence-electron chi connectivity index (χ4n) is 1.72. The zero-order chi connectivity index (χ0) is 11.1. The Kier molecular flexibility index (Phi) is 2.64. The number of hydrogen-bond donors (Lipinski definition) is 0. The van der Waals surface area contributed by atoms with Gasteiger partial charge in [-0.15, -0.1) is 0 Å². The fraction of sp³-hybridized carbons (Fsp3) is 0.400. The van der Waals surface area contributed by atoms with Gasteiger partial charge in [0.1, 0.15) is 10.6 Å². The molecule has 0 saturated carbocycles. The Morgan fingerprint density at radius 3 is 2.80 bits per heavy atom. The van der Waals surface area contributed by atoms with E-state index in [1.54, 1.807) is 6.07 Å². The molecule has 0 saturated heterocycles. The summed E-state index contributed by atoms with van der Waals surface area (Å²) in [5.74, 6) is 0.433. The molecular weight excluding hydrogens is 236 g/mol. The highest BCUT2D eigenvalue weighted by molar-refractivity contribution is 8.13. The maximum atomic E-state index is 11.3. The van der Waals surface area contributed by atoms with Gasteiger partial charge in [-0.05, 0) is 23.6 Å². The van der Waals surface area contributed by atoms with Crippen LogP contribution in [0.5, 0.6) is 5.75 Å². The zero-order valence-electron chi connectivity index (χ0n) is 8.29. The SMILES string of the molecule is CCc1cc2c(c(S(=O)(=O)Cl)c1)OCC2. The Morgan fingerprint density at radius 1 is 1.47 bits per heavy atom. The van der Waals surface area contributed by atoms with Crippen molar-refractivity contribution in [3.63, 3.8) is 0 Å². The largest absolute Gasteiger partial charge is 0.492 e. The molecule has 0 aromatic heterocycles. The van der Waals surface area contributed by atoms with E-state index in [1.807, 2.05) is 13.0 Å². The van der Waals surface area contributed by atoms with Crippen LogP contribution < -0.4 is 4.74 Å².